The zero-order valence-electron chi connectivity index (χ0n) is 6.93. The molecular weight excluding hydrogens is 170 g/mol. The molecule has 5 heteroatoms. The molecule has 1 heterocycles. The number of rotatable bonds is 4. The van der Waals surface area contributed by atoms with Gasteiger partial charge in [0.1, 0.15) is 0 Å². The highest BCUT2D eigenvalue weighted by Gasteiger charge is 2.12. The van der Waals surface area contributed by atoms with Gasteiger partial charge in [0.15, 0.2) is 0 Å². The van der Waals surface area contributed by atoms with Crippen LogP contribution in [0.3, 0.4) is 0 Å². The molecule has 0 atom stereocenters. The van der Waals surface area contributed by atoms with Crippen molar-refractivity contribution in [3.05, 3.63) is 41.1 Å². The summed E-state index contributed by atoms with van der Waals surface area (Å²) in [6.45, 7) is 3.95. The molecule has 1 N–H and O–H groups in total. The fourth-order valence-electron chi connectivity index (χ4n) is 0.849. The van der Waals surface area contributed by atoms with E-state index in [1.54, 1.807) is 6.08 Å². The third kappa shape index (κ3) is 2.26. The largest absolute Gasteiger partial charge is 0.361 e. The Kier molecular flexibility index (Phi) is 2.97. The Morgan fingerprint density at radius 3 is 3.15 bits per heavy atom. The first-order valence-corrected chi connectivity index (χ1v) is 3.70. The number of aromatic nitrogens is 1. The van der Waals surface area contributed by atoms with E-state index in [-0.39, 0.29) is 11.5 Å². The van der Waals surface area contributed by atoms with Crippen molar-refractivity contribution in [3.63, 3.8) is 0 Å². The zero-order chi connectivity index (χ0) is 9.68. The average molecular weight is 179 g/mol. The average Bonchev–Trinajstić information content (AvgIpc) is 2.15. The van der Waals surface area contributed by atoms with Crippen LogP contribution in [-0.4, -0.2) is 16.5 Å². The van der Waals surface area contributed by atoms with E-state index in [9.17, 15) is 10.1 Å². The van der Waals surface area contributed by atoms with E-state index in [0.29, 0.717) is 6.54 Å². The lowest BCUT2D eigenvalue weighted by atomic mass is 10.4. The number of hydrogen-bond donors (Lipinski definition) is 1. The second-order valence-electron chi connectivity index (χ2n) is 2.30. The van der Waals surface area contributed by atoms with Crippen LogP contribution in [0.5, 0.6) is 0 Å². The van der Waals surface area contributed by atoms with Crippen molar-refractivity contribution < 1.29 is 4.92 Å². The Balaban J connectivity index is 2.90. The number of pyridine rings is 1. The summed E-state index contributed by atoms with van der Waals surface area (Å²) in [5.41, 5.74) is -0.0237. The highest BCUT2D eigenvalue weighted by Crippen LogP contribution is 2.19. The van der Waals surface area contributed by atoms with Crippen molar-refractivity contribution in [2.24, 2.45) is 0 Å². The summed E-state index contributed by atoms with van der Waals surface area (Å²) in [4.78, 5) is 13.8. The van der Waals surface area contributed by atoms with Crippen molar-refractivity contribution in [2.45, 2.75) is 0 Å². The standard InChI is InChI=1S/C8H9N3O2/c1-2-5-9-8-7(11(12)13)4-3-6-10-8/h2-4,6H,1,5H2,(H,9,10). The van der Waals surface area contributed by atoms with E-state index in [2.05, 4.69) is 16.9 Å². The Labute approximate surface area is 75.3 Å². The van der Waals surface area contributed by atoms with Gasteiger partial charge in [0.25, 0.3) is 0 Å². The van der Waals surface area contributed by atoms with Crippen LogP contribution in [0.15, 0.2) is 31.0 Å². The maximum absolute atomic E-state index is 10.5. The summed E-state index contributed by atoms with van der Waals surface area (Å²) in [6, 6.07) is 2.93. The molecule has 0 spiro atoms. The summed E-state index contributed by atoms with van der Waals surface area (Å²) in [5, 5.41) is 13.3. The van der Waals surface area contributed by atoms with Crippen LogP contribution >= 0.6 is 0 Å². The first-order valence-electron chi connectivity index (χ1n) is 3.70. The molecule has 68 valence electrons. The fourth-order valence-corrected chi connectivity index (χ4v) is 0.849. The number of nitro groups is 1. The minimum atomic E-state index is -0.474. The molecule has 0 amide bonds. The van der Waals surface area contributed by atoms with Gasteiger partial charge in [0, 0.05) is 18.8 Å². The third-order valence-electron chi connectivity index (χ3n) is 1.40. The van der Waals surface area contributed by atoms with E-state index in [4.69, 9.17) is 0 Å². The van der Waals surface area contributed by atoms with Crippen molar-refractivity contribution >= 4 is 11.5 Å². The van der Waals surface area contributed by atoms with Crippen LogP contribution < -0.4 is 5.32 Å². The molecule has 0 bridgehead atoms. The van der Waals surface area contributed by atoms with Gasteiger partial charge in [-0.3, -0.25) is 10.1 Å². The van der Waals surface area contributed by atoms with Gasteiger partial charge in [0.2, 0.25) is 5.82 Å². The molecule has 0 aliphatic heterocycles. The van der Waals surface area contributed by atoms with Crippen molar-refractivity contribution in [2.75, 3.05) is 11.9 Å². The Hall–Kier alpha value is -1.91. The Morgan fingerprint density at radius 1 is 1.77 bits per heavy atom. The van der Waals surface area contributed by atoms with Crippen LogP contribution in [0.25, 0.3) is 0 Å². The molecule has 0 saturated heterocycles. The topological polar surface area (TPSA) is 68.1 Å². The lowest BCUT2D eigenvalue weighted by Crippen LogP contribution is -2.03. The highest BCUT2D eigenvalue weighted by atomic mass is 16.6. The van der Waals surface area contributed by atoms with Gasteiger partial charge in [-0.15, -0.1) is 6.58 Å². The van der Waals surface area contributed by atoms with Crippen molar-refractivity contribution in [1.82, 2.24) is 4.98 Å². The molecule has 0 aliphatic rings. The first-order chi connectivity index (χ1) is 6.25. The number of hydrogen-bond acceptors (Lipinski definition) is 4. The highest BCUT2D eigenvalue weighted by molar-refractivity contribution is 5.55. The quantitative estimate of drug-likeness (QED) is 0.433. The molecule has 0 aliphatic carbocycles. The predicted octanol–water partition coefficient (Wildman–Crippen LogP) is 1.59. The van der Waals surface area contributed by atoms with Crippen LogP contribution in [0.1, 0.15) is 0 Å². The van der Waals surface area contributed by atoms with Gasteiger partial charge in [-0.05, 0) is 6.07 Å². The third-order valence-corrected chi connectivity index (χ3v) is 1.40. The van der Waals surface area contributed by atoms with Gasteiger partial charge in [-0.1, -0.05) is 6.08 Å². The lowest BCUT2D eigenvalue weighted by Gasteiger charge is -2.01. The van der Waals surface area contributed by atoms with E-state index in [0.717, 1.165) is 0 Å². The molecule has 0 fully saturated rings. The maximum atomic E-state index is 10.5. The minimum Gasteiger partial charge on any atom is -0.361 e. The Bertz CT molecular complexity index is 325. The van der Waals surface area contributed by atoms with E-state index in [1.165, 1.54) is 18.3 Å². The minimum absolute atomic E-state index is 0.0237. The van der Waals surface area contributed by atoms with Crippen molar-refractivity contribution in [3.8, 4) is 0 Å². The monoisotopic (exact) mass is 179 g/mol. The molecule has 1 aromatic heterocycles. The normalized spacial score (nSPS) is 9.23. The maximum Gasteiger partial charge on any atom is 0.311 e. The van der Waals surface area contributed by atoms with Crippen LogP contribution in [0, 0.1) is 10.1 Å². The second kappa shape index (κ2) is 4.20. The number of nitrogens with zero attached hydrogens (tertiary/aromatic N) is 2. The van der Waals surface area contributed by atoms with Crippen LogP contribution in [0.2, 0.25) is 0 Å². The van der Waals surface area contributed by atoms with Gasteiger partial charge < -0.3 is 5.32 Å². The van der Waals surface area contributed by atoms with Gasteiger partial charge in [-0.25, -0.2) is 4.98 Å². The molecule has 0 unspecified atom stereocenters. The fraction of sp³-hybridized carbons (Fsp3) is 0.125. The summed E-state index contributed by atoms with van der Waals surface area (Å²) >= 11 is 0. The lowest BCUT2D eigenvalue weighted by molar-refractivity contribution is -0.384. The van der Waals surface area contributed by atoms with E-state index >= 15 is 0 Å². The second-order valence-corrected chi connectivity index (χ2v) is 2.30. The number of nitrogens with one attached hydrogen (secondary N) is 1. The zero-order valence-corrected chi connectivity index (χ0v) is 6.93. The molecule has 1 aromatic rings. The SMILES string of the molecule is C=CCNc1ncccc1[N+](=O)[O-]. The molecule has 0 saturated carbocycles. The number of anilines is 1. The van der Waals surface area contributed by atoms with Crippen molar-refractivity contribution in [1.29, 1.82) is 0 Å². The van der Waals surface area contributed by atoms with E-state index < -0.39 is 4.92 Å². The molecule has 0 radical (unpaired) electrons. The molecule has 13 heavy (non-hydrogen) atoms. The smallest absolute Gasteiger partial charge is 0.311 e. The predicted molar refractivity (Wildman–Crippen MR) is 49.6 cm³/mol. The Morgan fingerprint density at radius 2 is 2.54 bits per heavy atom. The summed E-state index contributed by atoms with van der Waals surface area (Å²) in [7, 11) is 0. The van der Waals surface area contributed by atoms with Crippen LogP contribution in [0.4, 0.5) is 11.5 Å². The summed E-state index contributed by atoms with van der Waals surface area (Å²) in [5.74, 6) is 0.271. The molecule has 5 nitrogen and oxygen atoms in total. The first kappa shape index (κ1) is 9.18. The summed E-state index contributed by atoms with van der Waals surface area (Å²) in [6.07, 6.45) is 3.11. The molecule has 1 rings (SSSR count). The van der Waals surface area contributed by atoms with E-state index in [1.807, 2.05) is 0 Å². The molecule has 0 aromatic carbocycles. The summed E-state index contributed by atoms with van der Waals surface area (Å²) < 4.78 is 0. The molecular formula is C8H9N3O2. The van der Waals surface area contributed by atoms with Gasteiger partial charge >= 0.3 is 5.69 Å². The van der Waals surface area contributed by atoms with Crippen LogP contribution in [-0.2, 0) is 0 Å². The van der Waals surface area contributed by atoms with Gasteiger partial charge in [0.05, 0.1) is 4.92 Å². The van der Waals surface area contributed by atoms with Gasteiger partial charge in [-0.2, -0.15) is 0 Å².